The highest BCUT2D eigenvalue weighted by Crippen LogP contribution is 2.39. The van der Waals surface area contributed by atoms with Crippen molar-refractivity contribution in [2.75, 3.05) is 0 Å². The number of nitrogens with one attached hydrogen (secondary N) is 2. The van der Waals surface area contributed by atoms with Gasteiger partial charge in [0, 0.05) is 5.54 Å². The summed E-state index contributed by atoms with van der Waals surface area (Å²) < 4.78 is 0. The van der Waals surface area contributed by atoms with E-state index in [2.05, 4.69) is 29.6 Å². The van der Waals surface area contributed by atoms with Gasteiger partial charge >= 0.3 is 0 Å². The lowest BCUT2D eigenvalue weighted by Crippen LogP contribution is -2.53. The maximum Gasteiger partial charge on any atom is 0.206 e. The molecule has 0 atom stereocenters. The van der Waals surface area contributed by atoms with Crippen molar-refractivity contribution in [3.63, 3.8) is 0 Å². The van der Waals surface area contributed by atoms with E-state index in [-0.39, 0.29) is 5.54 Å². The summed E-state index contributed by atoms with van der Waals surface area (Å²) in [6.07, 6.45) is 7.66. The van der Waals surface area contributed by atoms with E-state index in [1.165, 1.54) is 38.5 Å². The SMILES string of the molecule is CC(C)(NC(=NC1CCCC1)NN)C1CC1. The van der Waals surface area contributed by atoms with Crippen LogP contribution >= 0.6 is 0 Å². The smallest absolute Gasteiger partial charge is 0.206 e. The van der Waals surface area contributed by atoms with Crippen molar-refractivity contribution in [3.05, 3.63) is 0 Å². The van der Waals surface area contributed by atoms with Crippen LogP contribution in [0.5, 0.6) is 0 Å². The summed E-state index contributed by atoms with van der Waals surface area (Å²) in [6.45, 7) is 4.46. The van der Waals surface area contributed by atoms with Crippen LogP contribution < -0.4 is 16.6 Å². The highest BCUT2D eigenvalue weighted by atomic mass is 15.3. The molecule has 16 heavy (non-hydrogen) atoms. The van der Waals surface area contributed by atoms with Gasteiger partial charge in [-0.3, -0.25) is 5.43 Å². The molecule has 0 amide bonds. The van der Waals surface area contributed by atoms with Crippen LogP contribution in [0.15, 0.2) is 4.99 Å². The summed E-state index contributed by atoms with van der Waals surface area (Å²) in [6, 6.07) is 0.466. The molecule has 0 aromatic carbocycles. The number of hydrazine groups is 1. The third-order valence-electron chi connectivity index (χ3n) is 3.81. The third-order valence-corrected chi connectivity index (χ3v) is 3.81. The monoisotopic (exact) mass is 224 g/mol. The lowest BCUT2D eigenvalue weighted by molar-refractivity contribution is 0.395. The predicted octanol–water partition coefficient (Wildman–Crippen LogP) is 1.53. The molecular formula is C12H24N4. The van der Waals surface area contributed by atoms with Gasteiger partial charge in [0.15, 0.2) is 0 Å². The molecule has 0 aromatic rings. The molecular weight excluding hydrogens is 200 g/mol. The Labute approximate surface area is 98.0 Å². The van der Waals surface area contributed by atoms with Crippen molar-refractivity contribution in [1.82, 2.24) is 10.7 Å². The first-order valence-corrected chi connectivity index (χ1v) is 6.44. The Morgan fingerprint density at radius 2 is 1.81 bits per heavy atom. The Morgan fingerprint density at radius 3 is 2.31 bits per heavy atom. The van der Waals surface area contributed by atoms with Gasteiger partial charge in [-0.1, -0.05) is 12.8 Å². The van der Waals surface area contributed by atoms with Crippen molar-refractivity contribution in [2.24, 2.45) is 16.8 Å². The van der Waals surface area contributed by atoms with E-state index in [0.717, 1.165) is 11.9 Å². The summed E-state index contributed by atoms with van der Waals surface area (Å²) in [5, 5.41) is 3.45. The van der Waals surface area contributed by atoms with Crippen molar-refractivity contribution < 1.29 is 0 Å². The van der Waals surface area contributed by atoms with Crippen molar-refractivity contribution in [3.8, 4) is 0 Å². The van der Waals surface area contributed by atoms with E-state index in [1.807, 2.05) is 0 Å². The number of nitrogens with two attached hydrogens (primary N) is 1. The van der Waals surface area contributed by atoms with Crippen molar-refractivity contribution >= 4 is 5.96 Å². The van der Waals surface area contributed by atoms with Crippen LogP contribution in [-0.4, -0.2) is 17.5 Å². The fourth-order valence-corrected chi connectivity index (χ4v) is 2.53. The second-order valence-corrected chi connectivity index (χ2v) is 5.68. The minimum absolute atomic E-state index is 0.115. The van der Waals surface area contributed by atoms with Crippen LogP contribution in [-0.2, 0) is 0 Å². The van der Waals surface area contributed by atoms with Crippen LogP contribution in [0.2, 0.25) is 0 Å². The van der Waals surface area contributed by atoms with Gasteiger partial charge in [-0.05, 0) is 45.4 Å². The van der Waals surface area contributed by atoms with Crippen LogP contribution in [0.3, 0.4) is 0 Å². The average molecular weight is 224 g/mol. The first-order valence-electron chi connectivity index (χ1n) is 6.44. The number of hydrogen-bond acceptors (Lipinski definition) is 2. The fraction of sp³-hybridized carbons (Fsp3) is 0.917. The second-order valence-electron chi connectivity index (χ2n) is 5.68. The number of guanidine groups is 1. The van der Waals surface area contributed by atoms with Gasteiger partial charge in [0.25, 0.3) is 0 Å². The highest BCUT2D eigenvalue weighted by Gasteiger charge is 2.38. The minimum Gasteiger partial charge on any atom is -0.350 e. The van der Waals surface area contributed by atoms with Gasteiger partial charge in [-0.25, -0.2) is 10.8 Å². The Hall–Kier alpha value is -0.770. The maximum absolute atomic E-state index is 5.54. The molecule has 0 aliphatic heterocycles. The molecule has 2 aliphatic carbocycles. The highest BCUT2D eigenvalue weighted by molar-refractivity contribution is 5.80. The zero-order valence-electron chi connectivity index (χ0n) is 10.4. The van der Waals surface area contributed by atoms with E-state index in [4.69, 9.17) is 5.84 Å². The van der Waals surface area contributed by atoms with Gasteiger partial charge in [0.05, 0.1) is 6.04 Å². The van der Waals surface area contributed by atoms with E-state index < -0.39 is 0 Å². The Bertz CT molecular complexity index is 262. The lowest BCUT2D eigenvalue weighted by atomic mass is 9.99. The Morgan fingerprint density at radius 1 is 1.19 bits per heavy atom. The molecule has 2 fully saturated rings. The average Bonchev–Trinajstić information content (AvgIpc) is 2.99. The van der Waals surface area contributed by atoms with Crippen molar-refractivity contribution in [1.29, 1.82) is 0 Å². The zero-order chi connectivity index (χ0) is 11.6. The van der Waals surface area contributed by atoms with E-state index in [0.29, 0.717) is 6.04 Å². The van der Waals surface area contributed by atoms with Gasteiger partial charge < -0.3 is 5.32 Å². The molecule has 4 heteroatoms. The summed E-state index contributed by atoms with van der Waals surface area (Å²) in [5.41, 5.74) is 2.82. The van der Waals surface area contributed by atoms with Gasteiger partial charge in [-0.15, -0.1) is 0 Å². The molecule has 0 spiro atoms. The van der Waals surface area contributed by atoms with Gasteiger partial charge in [0.2, 0.25) is 5.96 Å². The van der Waals surface area contributed by atoms with Crippen LogP contribution in [0.1, 0.15) is 52.4 Å². The van der Waals surface area contributed by atoms with Crippen LogP contribution in [0.25, 0.3) is 0 Å². The summed E-state index contributed by atoms with van der Waals surface area (Å²) in [5.74, 6) is 7.08. The topological polar surface area (TPSA) is 62.4 Å². The van der Waals surface area contributed by atoms with Crippen molar-refractivity contribution in [2.45, 2.75) is 64.0 Å². The first kappa shape index (κ1) is 11.7. The number of rotatable bonds is 3. The summed E-state index contributed by atoms with van der Waals surface area (Å²) >= 11 is 0. The molecule has 0 aromatic heterocycles. The quantitative estimate of drug-likeness (QED) is 0.295. The van der Waals surface area contributed by atoms with Crippen LogP contribution in [0, 0.1) is 5.92 Å². The molecule has 0 bridgehead atoms. The fourth-order valence-electron chi connectivity index (χ4n) is 2.53. The molecule has 2 rings (SSSR count). The number of nitrogens with zero attached hydrogens (tertiary/aromatic N) is 1. The Balaban J connectivity index is 1.93. The second kappa shape index (κ2) is 4.62. The standard InChI is InChI=1S/C12H24N4/c1-12(2,9-7-8-9)15-11(16-13)14-10-5-3-4-6-10/h9-10H,3-8,13H2,1-2H3,(H2,14,15,16). The zero-order valence-corrected chi connectivity index (χ0v) is 10.4. The molecule has 0 unspecified atom stereocenters. The number of hydrogen-bond donors (Lipinski definition) is 3. The first-order chi connectivity index (χ1) is 7.62. The normalized spacial score (nSPS) is 23.6. The van der Waals surface area contributed by atoms with Crippen LogP contribution in [0.4, 0.5) is 0 Å². The molecule has 2 aliphatic rings. The molecule has 0 radical (unpaired) electrons. The maximum atomic E-state index is 5.54. The van der Waals surface area contributed by atoms with E-state index >= 15 is 0 Å². The Kier molecular flexibility index (Phi) is 3.38. The lowest BCUT2D eigenvalue weighted by Gasteiger charge is -2.28. The van der Waals surface area contributed by atoms with Gasteiger partial charge in [0.1, 0.15) is 0 Å². The molecule has 92 valence electrons. The predicted molar refractivity (Wildman–Crippen MR) is 67.0 cm³/mol. The molecule has 4 nitrogen and oxygen atoms in total. The minimum atomic E-state index is 0.115. The summed E-state index contributed by atoms with van der Waals surface area (Å²) in [4.78, 5) is 4.66. The molecule has 2 saturated carbocycles. The van der Waals surface area contributed by atoms with E-state index in [1.54, 1.807) is 0 Å². The summed E-state index contributed by atoms with van der Waals surface area (Å²) in [7, 11) is 0. The van der Waals surface area contributed by atoms with E-state index in [9.17, 15) is 0 Å². The third kappa shape index (κ3) is 2.88. The molecule has 0 heterocycles. The largest absolute Gasteiger partial charge is 0.350 e. The molecule has 0 saturated heterocycles. The molecule has 4 N–H and O–H groups in total. The number of aliphatic imine (C=N–C) groups is 1. The van der Waals surface area contributed by atoms with Gasteiger partial charge in [-0.2, -0.15) is 0 Å².